The topological polar surface area (TPSA) is 87.7 Å². The van der Waals surface area contributed by atoms with Crippen LogP contribution in [0.2, 0.25) is 5.02 Å². The van der Waals surface area contributed by atoms with Gasteiger partial charge < -0.3 is 20.5 Å². The maximum Gasteiger partial charge on any atom is 0.312 e. The Hall–Kier alpha value is -2.73. The molecule has 0 aliphatic rings. The van der Waals surface area contributed by atoms with E-state index in [4.69, 9.17) is 21.4 Å². The lowest BCUT2D eigenvalue weighted by atomic mass is 10.1. The van der Waals surface area contributed by atoms with E-state index in [-0.39, 0.29) is 0 Å². The van der Waals surface area contributed by atoms with Crippen molar-refractivity contribution in [3.8, 4) is 5.75 Å². The molecule has 0 unspecified atom stereocenters. The van der Waals surface area contributed by atoms with Crippen LogP contribution in [0.5, 0.6) is 5.75 Å². The van der Waals surface area contributed by atoms with Crippen LogP contribution in [0.25, 0.3) is 0 Å². The lowest BCUT2D eigenvalue weighted by Crippen LogP contribution is -2.16. The SMILES string of the molecule is CCNc1cc(Cl)cc(COc2c(C)cc(NC(=O)CC(=O)O)cc2C)c1. The summed E-state index contributed by atoms with van der Waals surface area (Å²) in [7, 11) is 0. The Morgan fingerprint density at radius 1 is 1.07 bits per heavy atom. The van der Waals surface area contributed by atoms with Crippen molar-refractivity contribution in [2.45, 2.75) is 33.8 Å². The number of rotatable bonds is 8. The van der Waals surface area contributed by atoms with Gasteiger partial charge in [0.2, 0.25) is 5.91 Å². The molecule has 7 heteroatoms. The summed E-state index contributed by atoms with van der Waals surface area (Å²) in [6.07, 6.45) is -0.570. The van der Waals surface area contributed by atoms with Crippen molar-refractivity contribution in [3.05, 3.63) is 52.0 Å². The fourth-order valence-corrected chi connectivity index (χ4v) is 3.05. The molecule has 0 fully saturated rings. The van der Waals surface area contributed by atoms with E-state index in [1.165, 1.54) is 0 Å². The maximum absolute atomic E-state index is 11.6. The number of carboxylic acid groups (broad SMARTS) is 1. The molecule has 0 atom stereocenters. The number of benzene rings is 2. The van der Waals surface area contributed by atoms with Gasteiger partial charge in [0.1, 0.15) is 18.8 Å². The third-order valence-electron chi connectivity index (χ3n) is 3.78. The summed E-state index contributed by atoms with van der Waals surface area (Å²) in [5.74, 6) is -1.01. The lowest BCUT2D eigenvalue weighted by Gasteiger charge is -2.15. The van der Waals surface area contributed by atoms with Gasteiger partial charge in [0.05, 0.1) is 0 Å². The molecule has 0 aliphatic carbocycles. The number of amides is 1. The van der Waals surface area contributed by atoms with Crippen LogP contribution in [0.15, 0.2) is 30.3 Å². The predicted molar refractivity (Wildman–Crippen MR) is 107 cm³/mol. The second kappa shape index (κ2) is 9.28. The van der Waals surface area contributed by atoms with Crippen molar-refractivity contribution < 1.29 is 19.4 Å². The highest BCUT2D eigenvalue weighted by atomic mass is 35.5. The maximum atomic E-state index is 11.6. The summed E-state index contributed by atoms with van der Waals surface area (Å²) >= 11 is 6.16. The molecule has 0 saturated heterocycles. The molecule has 6 nitrogen and oxygen atoms in total. The van der Waals surface area contributed by atoms with Gasteiger partial charge in [-0.05, 0) is 67.8 Å². The molecule has 2 aromatic carbocycles. The highest BCUT2D eigenvalue weighted by Gasteiger charge is 2.12. The van der Waals surface area contributed by atoms with Crippen molar-refractivity contribution in [1.29, 1.82) is 0 Å². The van der Waals surface area contributed by atoms with Crippen molar-refractivity contribution >= 4 is 34.9 Å². The summed E-state index contributed by atoms with van der Waals surface area (Å²) in [6, 6.07) is 9.21. The molecule has 0 radical (unpaired) electrons. The average molecular weight is 391 g/mol. The fraction of sp³-hybridized carbons (Fsp3) is 0.300. The van der Waals surface area contributed by atoms with Gasteiger partial charge in [-0.1, -0.05) is 11.6 Å². The summed E-state index contributed by atoms with van der Waals surface area (Å²) < 4.78 is 5.97. The molecule has 0 heterocycles. The zero-order valence-corrected chi connectivity index (χ0v) is 16.3. The summed E-state index contributed by atoms with van der Waals surface area (Å²) in [5.41, 5.74) is 4.11. The largest absolute Gasteiger partial charge is 0.488 e. The number of carboxylic acids is 1. The second-order valence-corrected chi connectivity index (χ2v) is 6.66. The summed E-state index contributed by atoms with van der Waals surface area (Å²) in [4.78, 5) is 22.2. The minimum atomic E-state index is -1.17. The van der Waals surface area contributed by atoms with Crippen LogP contribution in [0.1, 0.15) is 30.0 Å². The van der Waals surface area contributed by atoms with E-state index in [1.807, 2.05) is 39.0 Å². The highest BCUT2D eigenvalue weighted by Crippen LogP contribution is 2.29. The van der Waals surface area contributed by atoms with E-state index < -0.39 is 18.3 Å². The van der Waals surface area contributed by atoms with E-state index in [0.717, 1.165) is 34.7 Å². The molecule has 0 saturated carbocycles. The molecule has 0 aliphatic heterocycles. The number of aliphatic carboxylic acids is 1. The molecule has 0 spiro atoms. The Bertz CT molecular complexity index is 829. The fourth-order valence-electron chi connectivity index (χ4n) is 2.79. The first-order chi connectivity index (χ1) is 12.8. The molecule has 2 aromatic rings. The minimum Gasteiger partial charge on any atom is -0.488 e. The van der Waals surface area contributed by atoms with Crippen molar-refractivity contribution in [1.82, 2.24) is 0 Å². The van der Waals surface area contributed by atoms with E-state index in [2.05, 4.69) is 10.6 Å². The monoisotopic (exact) mass is 390 g/mol. The van der Waals surface area contributed by atoms with Gasteiger partial charge in [-0.25, -0.2) is 0 Å². The zero-order valence-electron chi connectivity index (χ0n) is 15.6. The van der Waals surface area contributed by atoms with Crippen LogP contribution in [0, 0.1) is 13.8 Å². The second-order valence-electron chi connectivity index (χ2n) is 6.23. The van der Waals surface area contributed by atoms with Gasteiger partial charge in [0, 0.05) is 22.9 Å². The molecule has 27 heavy (non-hydrogen) atoms. The van der Waals surface area contributed by atoms with Crippen molar-refractivity contribution in [2.24, 2.45) is 0 Å². The van der Waals surface area contributed by atoms with Crippen LogP contribution in [-0.2, 0) is 16.2 Å². The van der Waals surface area contributed by atoms with Crippen LogP contribution in [-0.4, -0.2) is 23.5 Å². The molecule has 1 amide bonds. The molecular formula is C20H23ClN2O4. The quantitative estimate of drug-likeness (QED) is 0.582. The number of carbonyl (C=O) groups excluding carboxylic acids is 1. The normalized spacial score (nSPS) is 10.4. The first-order valence-corrected chi connectivity index (χ1v) is 8.95. The van der Waals surface area contributed by atoms with E-state index in [0.29, 0.717) is 17.3 Å². The molecule has 3 N–H and O–H groups in total. The Balaban J connectivity index is 2.11. The summed E-state index contributed by atoms with van der Waals surface area (Å²) in [5, 5.41) is 15.1. The van der Waals surface area contributed by atoms with Crippen molar-refractivity contribution in [2.75, 3.05) is 17.2 Å². The number of hydrogen-bond acceptors (Lipinski definition) is 4. The third kappa shape index (κ3) is 6.18. The number of hydrogen-bond donors (Lipinski definition) is 3. The zero-order chi connectivity index (χ0) is 20.0. The average Bonchev–Trinajstić information content (AvgIpc) is 2.52. The number of anilines is 2. The Morgan fingerprint density at radius 3 is 2.33 bits per heavy atom. The number of nitrogens with one attached hydrogen (secondary N) is 2. The van der Waals surface area contributed by atoms with Gasteiger partial charge in [-0.2, -0.15) is 0 Å². The van der Waals surface area contributed by atoms with Gasteiger partial charge >= 0.3 is 5.97 Å². The van der Waals surface area contributed by atoms with Gasteiger partial charge in [-0.3, -0.25) is 9.59 Å². The van der Waals surface area contributed by atoms with Crippen LogP contribution in [0.4, 0.5) is 11.4 Å². The third-order valence-corrected chi connectivity index (χ3v) is 4.00. The standard InChI is InChI=1S/C20H23ClN2O4/c1-4-22-16-8-14(7-15(21)9-16)11-27-20-12(2)5-17(6-13(20)3)23-18(24)10-19(25)26/h5-9,22H,4,10-11H2,1-3H3,(H,23,24)(H,25,26). The summed E-state index contributed by atoms with van der Waals surface area (Å²) in [6.45, 7) is 6.91. The smallest absolute Gasteiger partial charge is 0.312 e. The Morgan fingerprint density at radius 2 is 1.74 bits per heavy atom. The number of halogens is 1. The van der Waals surface area contributed by atoms with Crippen molar-refractivity contribution in [3.63, 3.8) is 0 Å². The van der Waals surface area contributed by atoms with Gasteiger partial charge in [-0.15, -0.1) is 0 Å². The van der Waals surface area contributed by atoms with E-state index >= 15 is 0 Å². The first-order valence-electron chi connectivity index (χ1n) is 8.57. The van der Waals surface area contributed by atoms with E-state index in [1.54, 1.807) is 12.1 Å². The Kier molecular flexibility index (Phi) is 7.07. The van der Waals surface area contributed by atoms with Crippen LogP contribution < -0.4 is 15.4 Å². The minimum absolute atomic E-state index is 0.353. The molecule has 0 aromatic heterocycles. The van der Waals surface area contributed by atoms with Gasteiger partial charge in [0.25, 0.3) is 0 Å². The molecule has 0 bridgehead atoms. The predicted octanol–water partition coefficient (Wildman–Crippen LogP) is 4.38. The lowest BCUT2D eigenvalue weighted by molar-refractivity contribution is -0.139. The van der Waals surface area contributed by atoms with Gasteiger partial charge in [0.15, 0.2) is 0 Å². The number of carbonyl (C=O) groups is 2. The first kappa shape index (κ1) is 20.6. The Labute approximate surface area is 163 Å². The number of aryl methyl sites for hydroxylation is 2. The number of ether oxygens (including phenoxy) is 1. The van der Waals surface area contributed by atoms with Crippen LogP contribution in [0.3, 0.4) is 0 Å². The highest BCUT2D eigenvalue weighted by molar-refractivity contribution is 6.30. The molecule has 2 rings (SSSR count). The molecule has 144 valence electrons. The molecular weight excluding hydrogens is 368 g/mol. The van der Waals surface area contributed by atoms with Crippen LogP contribution >= 0.6 is 11.6 Å². The van der Waals surface area contributed by atoms with E-state index in [9.17, 15) is 9.59 Å².